The Hall–Kier alpha value is -3.82. The summed E-state index contributed by atoms with van der Waals surface area (Å²) in [6, 6.07) is 19.2. The molecule has 4 aromatic rings. The van der Waals surface area contributed by atoms with Crippen LogP contribution in [-0.4, -0.2) is 24.2 Å². The van der Waals surface area contributed by atoms with E-state index in [9.17, 15) is 14.9 Å². The molecule has 4 rings (SSSR count). The topological polar surface area (TPSA) is 107 Å². The van der Waals surface area contributed by atoms with Gasteiger partial charge in [-0.3, -0.25) is 14.9 Å². The van der Waals surface area contributed by atoms with Crippen molar-refractivity contribution >= 4 is 52.1 Å². The fourth-order valence-corrected chi connectivity index (χ4v) is 3.90. The second kappa shape index (κ2) is 9.76. The highest BCUT2D eigenvalue weighted by molar-refractivity contribution is 7.99. The number of non-ortho nitro benzene ring substituents is 1. The number of nitro groups is 1. The van der Waals surface area contributed by atoms with E-state index in [1.165, 1.54) is 31.5 Å². The zero-order valence-electron chi connectivity index (χ0n) is 17.2. The molecule has 0 atom stereocenters. The van der Waals surface area contributed by atoms with Gasteiger partial charge < -0.3 is 9.15 Å². The van der Waals surface area contributed by atoms with Gasteiger partial charge in [0.1, 0.15) is 0 Å². The van der Waals surface area contributed by atoms with Crippen molar-refractivity contribution in [1.29, 1.82) is 0 Å². The molecule has 0 saturated heterocycles. The number of hydrazone groups is 1. The van der Waals surface area contributed by atoms with E-state index in [0.717, 1.165) is 15.4 Å². The lowest BCUT2D eigenvalue weighted by atomic mass is 10.2. The van der Waals surface area contributed by atoms with Crippen molar-refractivity contribution in [3.63, 3.8) is 0 Å². The number of carbonyl (C=O) groups excluding carboxylic acids is 1. The first kappa shape index (κ1) is 22.4. The quantitative estimate of drug-likeness (QED) is 0.199. The van der Waals surface area contributed by atoms with Crippen LogP contribution in [0.3, 0.4) is 0 Å². The van der Waals surface area contributed by atoms with Crippen LogP contribution in [0, 0.1) is 10.1 Å². The Labute approximate surface area is 197 Å². The molecule has 1 N–H and O–H groups in total. The summed E-state index contributed by atoms with van der Waals surface area (Å²) < 4.78 is 10.7. The van der Waals surface area contributed by atoms with Crippen LogP contribution in [0.5, 0.6) is 5.75 Å². The lowest BCUT2D eigenvalue weighted by Crippen LogP contribution is -2.16. The number of nitro benzene ring substituents is 1. The minimum absolute atomic E-state index is 0.0457. The fourth-order valence-electron chi connectivity index (χ4n) is 2.96. The third-order valence-electron chi connectivity index (χ3n) is 4.53. The Morgan fingerprint density at radius 1 is 1.12 bits per heavy atom. The van der Waals surface area contributed by atoms with Crippen molar-refractivity contribution in [2.24, 2.45) is 5.10 Å². The van der Waals surface area contributed by atoms with Crippen LogP contribution in [0.25, 0.3) is 11.0 Å². The third kappa shape index (κ3) is 5.33. The first-order valence-corrected chi connectivity index (χ1v) is 10.8. The normalized spacial score (nSPS) is 11.1. The van der Waals surface area contributed by atoms with Gasteiger partial charge in [-0.1, -0.05) is 35.5 Å². The van der Waals surface area contributed by atoms with Gasteiger partial charge >= 0.3 is 5.91 Å². The van der Waals surface area contributed by atoms with Crippen molar-refractivity contribution < 1.29 is 18.9 Å². The molecule has 1 aromatic heterocycles. The van der Waals surface area contributed by atoms with Crippen LogP contribution in [0.4, 0.5) is 5.69 Å². The van der Waals surface area contributed by atoms with E-state index >= 15 is 0 Å². The molecule has 0 spiro atoms. The van der Waals surface area contributed by atoms with Crippen molar-refractivity contribution in [3.05, 3.63) is 93.2 Å². The molecule has 0 unspecified atom stereocenters. The van der Waals surface area contributed by atoms with Crippen molar-refractivity contribution in [1.82, 2.24) is 5.43 Å². The Morgan fingerprint density at radius 2 is 1.79 bits per heavy atom. The van der Waals surface area contributed by atoms with Crippen LogP contribution < -0.4 is 10.2 Å². The number of hydrogen-bond donors (Lipinski definition) is 1. The smallest absolute Gasteiger partial charge is 0.307 e. The van der Waals surface area contributed by atoms with Gasteiger partial charge in [-0.25, -0.2) is 5.43 Å². The maximum Gasteiger partial charge on any atom is 0.307 e. The summed E-state index contributed by atoms with van der Waals surface area (Å²) >= 11 is 7.51. The highest BCUT2D eigenvalue weighted by atomic mass is 35.5. The largest absolute Gasteiger partial charge is 0.493 e. The number of fused-ring (bicyclic) bond motifs is 1. The lowest BCUT2D eigenvalue weighted by Gasteiger charge is -2.02. The predicted molar refractivity (Wildman–Crippen MR) is 126 cm³/mol. The first-order valence-electron chi connectivity index (χ1n) is 9.56. The lowest BCUT2D eigenvalue weighted by molar-refractivity contribution is -0.384. The van der Waals surface area contributed by atoms with Gasteiger partial charge in [0.15, 0.2) is 17.1 Å². The molecule has 166 valence electrons. The molecule has 0 aliphatic heterocycles. The van der Waals surface area contributed by atoms with Crippen molar-refractivity contribution in [2.45, 2.75) is 9.79 Å². The molecular weight excluding hydrogens is 466 g/mol. The number of rotatable bonds is 7. The van der Waals surface area contributed by atoms with E-state index < -0.39 is 10.8 Å². The Kier molecular flexibility index (Phi) is 6.62. The SMILES string of the molecule is COc1cc([N+](=O)[O-])cc2cc(C(=O)N/N=C\c3ccc(Sc4ccc(Cl)cc4)cc3)oc12. The Morgan fingerprint density at radius 3 is 2.42 bits per heavy atom. The summed E-state index contributed by atoms with van der Waals surface area (Å²) in [7, 11) is 1.37. The molecule has 1 amide bonds. The van der Waals surface area contributed by atoms with Crippen molar-refractivity contribution in [3.8, 4) is 5.75 Å². The molecule has 0 bridgehead atoms. The summed E-state index contributed by atoms with van der Waals surface area (Å²) in [5.41, 5.74) is 3.25. The number of furan rings is 1. The standard InChI is InChI=1S/C23H16ClN3O5S/c1-31-20-12-17(27(29)30)10-15-11-21(32-22(15)20)23(28)26-25-13-14-2-6-18(7-3-14)33-19-8-4-16(24)5-9-19/h2-13H,1H3,(H,26,28)/b25-13-. The molecule has 0 aliphatic rings. The fraction of sp³-hybridized carbons (Fsp3) is 0.0435. The summed E-state index contributed by atoms with van der Waals surface area (Å²) in [4.78, 5) is 25.0. The maximum absolute atomic E-state index is 12.4. The predicted octanol–water partition coefficient (Wildman–Crippen LogP) is 5.92. The molecule has 1 heterocycles. The molecule has 0 saturated carbocycles. The molecule has 3 aromatic carbocycles. The van der Waals surface area contributed by atoms with Gasteiger partial charge in [0, 0.05) is 26.3 Å². The molecule has 0 fully saturated rings. The van der Waals surface area contributed by atoms with E-state index in [4.69, 9.17) is 20.8 Å². The van der Waals surface area contributed by atoms with Crippen molar-refractivity contribution in [2.75, 3.05) is 7.11 Å². The number of ether oxygens (including phenoxy) is 1. The summed E-state index contributed by atoms with van der Waals surface area (Å²) in [5.74, 6) is -0.476. The van der Waals surface area contributed by atoms with Crippen LogP contribution in [0.2, 0.25) is 5.02 Å². The summed E-state index contributed by atoms with van der Waals surface area (Å²) in [6.07, 6.45) is 1.50. The van der Waals surface area contributed by atoms with Crippen LogP contribution >= 0.6 is 23.4 Å². The number of amides is 1. The van der Waals surface area contributed by atoms with Gasteiger partial charge in [0.2, 0.25) is 0 Å². The van der Waals surface area contributed by atoms with Crippen LogP contribution in [0.1, 0.15) is 16.1 Å². The van der Waals surface area contributed by atoms with E-state index in [2.05, 4.69) is 10.5 Å². The average Bonchev–Trinajstić information content (AvgIpc) is 3.25. The van der Waals surface area contributed by atoms with Gasteiger partial charge in [-0.05, 0) is 48.0 Å². The maximum atomic E-state index is 12.4. The molecule has 33 heavy (non-hydrogen) atoms. The molecule has 0 radical (unpaired) electrons. The van der Waals surface area contributed by atoms with Gasteiger partial charge in [0.25, 0.3) is 5.69 Å². The zero-order chi connectivity index (χ0) is 23.4. The van der Waals surface area contributed by atoms with Gasteiger partial charge in [-0.2, -0.15) is 5.10 Å². The second-order valence-corrected chi connectivity index (χ2v) is 8.34. The molecule has 10 heteroatoms. The zero-order valence-corrected chi connectivity index (χ0v) is 18.7. The average molecular weight is 482 g/mol. The van der Waals surface area contributed by atoms with E-state index in [1.807, 2.05) is 48.5 Å². The van der Waals surface area contributed by atoms with Gasteiger partial charge in [-0.15, -0.1) is 0 Å². The van der Waals surface area contributed by atoms with Crippen LogP contribution in [0.15, 0.2) is 86.0 Å². The number of nitrogens with one attached hydrogen (secondary N) is 1. The number of methoxy groups -OCH3 is 1. The first-order chi connectivity index (χ1) is 15.9. The number of benzene rings is 3. The van der Waals surface area contributed by atoms with Gasteiger partial charge in [0.05, 0.1) is 24.3 Å². The monoisotopic (exact) mass is 481 g/mol. The van der Waals surface area contributed by atoms with E-state index in [1.54, 1.807) is 11.8 Å². The number of halogens is 1. The summed E-state index contributed by atoms with van der Waals surface area (Å²) in [6.45, 7) is 0. The third-order valence-corrected chi connectivity index (χ3v) is 5.80. The summed E-state index contributed by atoms with van der Waals surface area (Å²) in [5, 5.41) is 16.1. The second-order valence-electron chi connectivity index (χ2n) is 6.76. The minimum atomic E-state index is -0.595. The van der Waals surface area contributed by atoms with Crippen LogP contribution in [-0.2, 0) is 0 Å². The number of nitrogens with zero attached hydrogens (tertiary/aromatic N) is 2. The number of carbonyl (C=O) groups is 1. The van der Waals surface area contributed by atoms with E-state index in [-0.39, 0.29) is 22.8 Å². The van der Waals surface area contributed by atoms with E-state index in [0.29, 0.717) is 10.4 Å². The highest BCUT2D eigenvalue weighted by Gasteiger charge is 2.19. The molecular formula is C23H16ClN3O5S. The molecule has 8 nitrogen and oxygen atoms in total. The minimum Gasteiger partial charge on any atom is -0.493 e. The number of hydrogen-bond acceptors (Lipinski definition) is 7. The highest BCUT2D eigenvalue weighted by Crippen LogP contribution is 2.33. The Bertz CT molecular complexity index is 1350. The molecule has 0 aliphatic carbocycles. The Balaban J connectivity index is 1.41.